The molecule has 0 fully saturated rings. The normalized spacial score (nSPS) is 12.2. The van der Waals surface area contributed by atoms with Gasteiger partial charge in [0.1, 0.15) is 5.82 Å². The first-order valence-corrected chi connectivity index (χ1v) is 6.96. The van der Waals surface area contributed by atoms with E-state index in [0.717, 1.165) is 0 Å². The first-order valence-electron chi connectivity index (χ1n) is 6.58. The van der Waals surface area contributed by atoms with Crippen LogP contribution >= 0.6 is 11.6 Å². The van der Waals surface area contributed by atoms with Crippen LogP contribution < -0.4 is 10.1 Å². The smallest absolute Gasteiger partial charge is 0.165 e. The largest absolute Gasteiger partial charge is 0.494 e. The van der Waals surface area contributed by atoms with Crippen molar-refractivity contribution in [3.05, 3.63) is 64.2 Å². The quantitative estimate of drug-likeness (QED) is 0.887. The van der Waals surface area contributed by atoms with Crippen LogP contribution in [-0.4, -0.2) is 13.7 Å². The summed E-state index contributed by atoms with van der Waals surface area (Å²) in [6.07, 6.45) is 0. The lowest BCUT2D eigenvalue weighted by Gasteiger charge is -2.20. The third-order valence-electron chi connectivity index (χ3n) is 3.19. The molecule has 0 spiro atoms. The van der Waals surface area contributed by atoms with E-state index in [1.807, 2.05) is 6.92 Å². The minimum absolute atomic E-state index is 0.166. The Morgan fingerprint density at radius 3 is 2.57 bits per heavy atom. The van der Waals surface area contributed by atoms with E-state index in [0.29, 0.717) is 22.7 Å². The van der Waals surface area contributed by atoms with Gasteiger partial charge in [0.15, 0.2) is 11.6 Å². The zero-order valence-electron chi connectivity index (χ0n) is 11.8. The summed E-state index contributed by atoms with van der Waals surface area (Å²) in [6, 6.07) is 8.41. The fourth-order valence-electron chi connectivity index (χ4n) is 2.21. The molecule has 0 radical (unpaired) electrons. The Balaban J connectivity index is 2.48. The molecule has 0 bridgehead atoms. The monoisotopic (exact) mass is 311 g/mol. The van der Waals surface area contributed by atoms with E-state index < -0.39 is 11.9 Å². The molecule has 0 aliphatic carbocycles. The van der Waals surface area contributed by atoms with Crippen molar-refractivity contribution in [2.75, 3.05) is 13.7 Å². The molecule has 1 unspecified atom stereocenters. The molecule has 5 heteroatoms. The zero-order chi connectivity index (χ0) is 15.4. The topological polar surface area (TPSA) is 21.3 Å². The van der Waals surface area contributed by atoms with Crippen LogP contribution in [0.15, 0.2) is 36.4 Å². The lowest BCUT2D eigenvalue weighted by atomic mass is 9.98. The number of methoxy groups -OCH3 is 1. The predicted molar refractivity (Wildman–Crippen MR) is 79.9 cm³/mol. The molecule has 112 valence electrons. The summed E-state index contributed by atoms with van der Waals surface area (Å²) < 4.78 is 32.3. The summed E-state index contributed by atoms with van der Waals surface area (Å²) in [6.45, 7) is 2.55. The standard InChI is InChI=1S/C16H16ClF2NO/c1-3-20-16(12-9-11(18)5-6-13(12)17)10-4-7-15(21-2)14(19)8-10/h4-9,16,20H,3H2,1-2H3. The van der Waals surface area contributed by atoms with Crippen LogP contribution in [0.25, 0.3) is 0 Å². The van der Waals surface area contributed by atoms with Gasteiger partial charge in [-0.25, -0.2) is 8.78 Å². The second-order valence-corrected chi connectivity index (χ2v) is 4.96. The summed E-state index contributed by atoms with van der Waals surface area (Å²) >= 11 is 6.15. The molecule has 0 aliphatic heterocycles. The van der Waals surface area contributed by atoms with Crippen LogP contribution in [0.2, 0.25) is 5.02 Å². The van der Waals surface area contributed by atoms with Gasteiger partial charge in [-0.15, -0.1) is 0 Å². The highest BCUT2D eigenvalue weighted by atomic mass is 35.5. The van der Waals surface area contributed by atoms with E-state index in [1.54, 1.807) is 12.1 Å². The highest BCUT2D eigenvalue weighted by Crippen LogP contribution is 2.31. The second-order valence-electron chi connectivity index (χ2n) is 4.55. The summed E-state index contributed by atoms with van der Waals surface area (Å²) in [5, 5.41) is 3.62. The molecule has 2 aromatic carbocycles. The molecular formula is C16H16ClF2NO. The molecule has 0 amide bonds. The van der Waals surface area contributed by atoms with Crippen molar-refractivity contribution in [1.29, 1.82) is 0 Å². The minimum atomic E-state index is -0.467. The van der Waals surface area contributed by atoms with E-state index in [4.69, 9.17) is 16.3 Å². The Morgan fingerprint density at radius 2 is 1.95 bits per heavy atom. The number of halogens is 3. The van der Waals surface area contributed by atoms with Crippen LogP contribution in [0.4, 0.5) is 8.78 Å². The van der Waals surface area contributed by atoms with E-state index in [1.165, 1.54) is 31.4 Å². The third-order valence-corrected chi connectivity index (χ3v) is 3.53. The van der Waals surface area contributed by atoms with Crippen LogP contribution in [0, 0.1) is 11.6 Å². The van der Waals surface area contributed by atoms with Crippen molar-refractivity contribution in [3.8, 4) is 5.75 Å². The van der Waals surface area contributed by atoms with Gasteiger partial charge in [-0.2, -0.15) is 0 Å². The first-order chi connectivity index (χ1) is 10.1. The molecule has 0 heterocycles. The average molecular weight is 312 g/mol. The zero-order valence-corrected chi connectivity index (χ0v) is 12.5. The van der Waals surface area contributed by atoms with Crippen LogP contribution in [0.5, 0.6) is 5.75 Å². The number of benzene rings is 2. The molecule has 0 saturated heterocycles. The molecule has 2 nitrogen and oxygen atoms in total. The number of nitrogens with one attached hydrogen (secondary N) is 1. The van der Waals surface area contributed by atoms with E-state index in [2.05, 4.69) is 5.32 Å². The molecule has 2 aromatic rings. The molecule has 0 aromatic heterocycles. The van der Waals surface area contributed by atoms with Gasteiger partial charge in [0, 0.05) is 5.02 Å². The van der Waals surface area contributed by atoms with Crippen molar-refractivity contribution in [2.24, 2.45) is 0 Å². The maximum atomic E-state index is 13.9. The molecule has 1 atom stereocenters. The second kappa shape index (κ2) is 6.87. The highest BCUT2D eigenvalue weighted by Gasteiger charge is 2.18. The van der Waals surface area contributed by atoms with Crippen molar-refractivity contribution < 1.29 is 13.5 Å². The van der Waals surface area contributed by atoms with Gasteiger partial charge in [-0.05, 0) is 48.0 Å². The van der Waals surface area contributed by atoms with Gasteiger partial charge in [0.25, 0.3) is 0 Å². The Bertz CT molecular complexity index is 634. The Hall–Kier alpha value is -1.65. The van der Waals surface area contributed by atoms with Crippen LogP contribution in [0.1, 0.15) is 24.1 Å². The highest BCUT2D eigenvalue weighted by molar-refractivity contribution is 6.31. The van der Waals surface area contributed by atoms with E-state index in [-0.39, 0.29) is 11.6 Å². The maximum Gasteiger partial charge on any atom is 0.165 e. The van der Waals surface area contributed by atoms with Crippen LogP contribution in [0.3, 0.4) is 0 Å². The van der Waals surface area contributed by atoms with Crippen LogP contribution in [-0.2, 0) is 0 Å². The Kier molecular flexibility index (Phi) is 5.15. The van der Waals surface area contributed by atoms with Gasteiger partial charge >= 0.3 is 0 Å². The molecule has 1 N–H and O–H groups in total. The van der Waals surface area contributed by atoms with Crippen molar-refractivity contribution in [3.63, 3.8) is 0 Å². The summed E-state index contributed by atoms with van der Waals surface area (Å²) in [7, 11) is 1.41. The first kappa shape index (κ1) is 15.7. The maximum absolute atomic E-state index is 13.9. The van der Waals surface area contributed by atoms with Gasteiger partial charge in [-0.1, -0.05) is 24.6 Å². The predicted octanol–water partition coefficient (Wildman–Crippen LogP) is 4.33. The van der Waals surface area contributed by atoms with Crippen molar-refractivity contribution in [2.45, 2.75) is 13.0 Å². The van der Waals surface area contributed by atoms with E-state index in [9.17, 15) is 8.78 Å². The number of rotatable bonds is 5. The lowest BCUT2D eigenvalue weighted by Crippen LogP contribution is -2.22. The Labute approximate surface area is 127 Å². The molecule has 0 aliphatic rings. The number of ether oxygens (including phenoxy) is 1. The molecule has 2 rings (SSSR count). The van der Waals surface area contributed by atoms with Gasteiger partial charge in [0.2, 0.25) is 0 Å². The third kappa shape index (κ3) is 3.52. The molecule has 21 heavy (non-hydrogen) atoms. The van der Waals surface area contributed by atoms with Crippen molar-refractivity contribution in [1.82, 2.24) is 5.32 Å². The van der Waals surface area contributed by atoms with Gasteiger partial charge in [0.05, 0.1) is 13.2 Å². The van der Waals surface area contributed by atoms with Crippen molar-refractivity contribution >= 4 is 11.6 Å². The summed E-state index contributed by atoms with van der Waals surface area (Å²) in [4.78, 5) is 0. The van der Waals surface area contributed by atoms with E-state index >= 15 is 0 Å². The Morgan fingerprint density at radius 1 is 1.19 bits per heavy atom. The van der Waals surface area contributed by atoms with Gasteiger partial charge in [-0.3, -0.25) is 0 Å². The minimum Gasteiger partial charge on any atom is -0.494 e. The SMILES string of the molecule is CCNC(c1ccc(OC)c(F)c1)c1cc(F)ccc1Cl. The average Bonchev–Trinajstić information content (AvgIpc) is 2.47. The lowest BCUT2D eigenvalue weighted by molar-refractivity contribution is 0.385. The number of hydrogen-bond donors (Lipinski definition) is 1. The number of hydrogen-bond acceptors (Lipinski definition) is 2. The molecule has 0 saturated carbocycles. The molecular weight excluding hydrogens is 296 g/mol. The fraction of sp³-hybridized carbons (Fsp3) is 0.250. The summed E-state index contributed by atoms with van der Waals surface area (Å²) in [5.41, 5.74) is 1.23. The summed E-state index contributed by atoms with van der Waals surface area (Å²) in [5.74, 6) is -0.684. The van der Waals surface area contributed by atoms with Gasteiger partial charge < -0.3 is 10.1 Å². The fourth-order valence-corrected chi connectivity index (χ4v) is 2.44.